The Balaban J connectivity index is 1.30. The molecule has 132 valence electrons. The zero-order valence-corrected chi connectivity index (χ0v) is 16.2. The maximum atomic E-state index is 12.7. The number of ether oxygens (including phenoxy) is 1. The second-order valence-corrected chi connectivity index (χ2v) is 9.52. The molecular formula is C19H22N2O2S2. The van der Waals surface area contributed by atoms with Gasteiger partial charge in [-0.1, -0.05) is 18.2 Å². The fourth-order valence-electron chi connectivity index (χ4n) is 3.58. The standard InChI is InChI=1S/C19H22N2O2S2/c1-13-5-3-4-6-17(13)18(22)21-11-19(12-21)7-16(10-25-19)23-8-15-9-24-14(2)20-15/h3-6,9,16H,7-8,10-12H2,1-2H3. The Hall–Kier alpha value is -1.37. The summed E-state index contributed by atoms with van der Waals surface area (Å²) in [6.07, 6.45) is 1.29. The maximum Gasteiger partial charge on any atom is 0.254 e. The molecule has 1 unspecified atom stereocenters. The van der Waals surface area contributed by atoms with Gasteiger partial charge in [0.25, 0.3) is 5.91 Å². The molecule has 1 spiro atoms. The molecule has 0 bridgehead atoms. The lowest BCUT2D eigenvalue weighted by Crippen LogP contribution is -2.60. The van der Waals surface area contributed by atoms with E-state index in [4.69, 9.17) is 4.74 Å². The third-order valence-electron chi connectivity index (χ3n) is 4.93. The monoisotopic (exact) mass is 374 g/mol. The highest BCUT2D eigenvalue weighted by atomic mass is 32.2. The molecular weight excluding hydrogens is 352 g/mol. The van der Waals surface area contributed by atoms with Crippen molar-refractivity contribution in [3.05, 3.63) is 51.5 Å². The molecule has 0 saturated carbocycles. The van der Waals surface area contributed by atoms with Crippen LogP contribution in [0.1, 0.15) is 33.0 Å². The van der Waals surface area contributed by atoms with Crippen LogP contribution in [-0.2, 0) is 11.3 Å². The number of hydrogen-bond donors (Lipinski definition) is 0. The minimum atomic E-state index is 0.159. The Kier molecular flexibility index (Phi) is 4.60. The van der Waals surface area contributed by atoms with Gasteiger partial charge >= 0.3 is 0 Å². The molecule has 4 rings (SSSR count). The zero-order valence-electron chi connectivity index (χ0n) is 14.5. The van der Waals surface area contributed by atoms with Gasteiger partial charge in [-0.3, -0.25) is 4.79 Å². The van der Waals surface area contributed by atoms with Crippen molar-refractivity contribution in [3.63, 3.8) is 0 Å². The number of likely N-dealkylation sites (tertiary alicyclic amines) is 1. The Labute approximate surface area is 156 Å². The van der Waals surface area contributed by atoms with Gasteiger partial charge in [-0.05, 0) is 31.9 Å². The van der Waals surface area contributed by atoms with E-state index < -0.39 is 0 Å². The number of rotatable bonds is 4. The fourth-order valence-corrected chi connectivity index (χ4v) is 5.73. The molecule has 0 N–H and O–H groups in total. The van der Waals surface area contributed by atoms with Crippen molar-refractivity contribution in [2.75, 3.05) is 18.8 Å². The largest absolute Gasteiger partial charge is 0.371 e. The summed E-state index contributed by atoms with van der Waals surface area (Å²) in [5, 5.41) is 3.15. The molecule has 25 heavy (non-hydrogen) atoms. The zero-order chi connectivity index (χ0) is 17.4. The van der Waals surface area contributed by atoms with Gasteiger partial charge in [0.1, 0.15) is 0 Å². The summed E-state index contributed by atoms with van der Waals surface area (Å²) in [5.41, 5.74) is 2.90. The molecule has 1 amide bonds. The quantitative estimate of drug-likeness (QED) is 0.819. The highest BCUT2D eigenvalue weighted by Crippen LogP contribution is 2.46. The third kappa shape index (κ3) is 3.48. The lowest BCUT2D eigenvalue weighted by molar-refractivity contribution is 0.0246. The maximum absolute atomic E-state index is 12.7. The second kappa shape index (κ2) is 6.74. The van der Waals surface area contributed by atoms with Gasteiger partial charge in [0.15, 0.2) is 0 Å². The SMILES string of the molecule is Cc1nc(COC2CSC3(C2)CN(C(=O)c2ccccc2C)C3)cs1. The van der Waals surface area contributed by atoms with Gasteiger partial charge in [-0.15, -0.1) is 23.1 Å². The molecule has 6 heteroatoms. The lowest BCUT2D eigenvalue weighted by Gasteiger charge is -2.47. The number of hydrogen-bond acceptors (Lipinski definition) is 5. The van der Waals surface area contributed by atoms with E-state index in [-0.39, 0.29) is 16.8 Å². The van der Waals surface area contributed by atoms with E-state index in [0.717, 1.165) is 47.1 Å². The molecule has 0 aliphatic carbocycles. The number of amides is 1. The van der Waals surface area contributed by atoms with Crippen molar-refractivity contribution >= 4 is 29.0 Å². The highest BCUT2D eigenvalue weighted by Gasteiger charge is 2.51. The van der Waals surface area contributed by atoms with Crippen molar-refractivity contribution in [2.24, 2.45) is 0 Å². The summed E-state index contributed by atoms with van der Waals surface area (Å²) in [6, 6.07) is 7.83. The predicted molar refractivity (Wildman–Crippen MR) is 102 cm³/mol. The van der Waals surface area contributed by atoms with Crippen LogP contribution in [0.4, 0.5) is 0 Å². The van der Waals surface area contributed by atoms with Gasteiger partial charge in [-0.25, -0.2) is 4.98 Å². The molecule has 0 radical (unpaired) electrons. The highest BCUT2D eigenvalue weighted by molar-refractivity contribution is 8.01. The minimum Gasteiger partial charge on any atom is -0.371 e. The molecule has 1 aromatic carbocycles. The van der Waals surface area contributed by atoms with Crippen LogP contribution in [-0.4, -0.2) is 45.5 Å². The second-order valence-electron chi connectivity index (χ2n) is 6.97. The topological polar surface area (TPSA) is 42.4 Å². The Morgan fingerprint density at radius 3 is 2.88 bits per heavy atom. The summed E-state index contributed by atoms with van der Waals surface area (Å²) in [6.45, 7) is 6.28. The van der Waals surface area contributed by atoms with Crippen LogP contribution in [0.3, 0.4) is 0 Å². The summed E-state index contributed by atoms with van der Waals surface area (Å²) in [5.74, 6) is 1.17. The van der Waals surface area contributed by atoms with Crippen molar-refractivity contribution in [2.45, 2.75) is 37.7 Å². The van der Waals surface area contributed by atoms with Crippen molar-refractivity contribution in [1.82, 2.24) is 9.88 Å². The average molecular weight is 375 g/mol. The summed E-state index contributed by atoms with van der Waals surface area (Å²) >= 11 is 3.63. The molecule has 1 aromatic heterocycles. The smallest absolute Gasteiger partial charge is 0.254 e. The van der Waals surface area contributed by atoms with Crippen LogP contribution in [0.15, 0.2) is 29.6 Å². The first-order chi connectivity index (χ1) is 12.0. The number of carbonyl (C=O) groups is 1. The van der Waals surface area contributed by atoms with Crippen LogP contribution < -0.4 is 0 Å². The molecule has 2 aliphatic heterocycles. The summed E-state index contributed by atoms with van der Waals surface area (Å²) in [7, 11) is 0. The van der Waals surface area contributed by atoms with E-state index in [0.29, 0.717) is 6.61 Å². The number of benzene rings is 1. The van der Waals surface area contributed by atoms with Gasteiger partial charge in [0.05, 0.1) is 28.2 Å². The average Bonchev–Trinajstić information content (AvgIpc) is 3.18. The van der Waals surface area contributed by atoms with Gasteiger partial charge < -0.3 is 9.64 Å². The Bertz CT molecular complexity index is 783. The van der Waals surface area contributed by atoms with E-state index >= 15 is 0 Å². The number of thiazole rings is 1. The van der Waals surface area contributed by atoms with Crippen LogP contribution in [0.2, 0.25) is 0 Å². The minimum absolute atomic E-state index is 0.159. The Morgan fingerprint density at radius 1 is 1.36 bits per heavy atom. The number of aryl methyl sites for hydroxylation is 2. The summed E-state index contributed by atoms with van der Waals surface area (Å²) in [4.78, 5) is 19.1. The first-order valence-electron chi connectivity index (χ1n) is 8.56. The first kappa shape index (κ1) is 17.1. The van der Waals surface area contributed by atoms with Crippen molar-refractivity contribution in [3.8, 4) is 0 Å². The fraction of sp³-hybridized carbons (Fsp3) is 0.474. The molecule has 2 saturated heterocycles. The Morgan fingerprint density at radius 2 is 2.16 bits per heavy atom. The van der Waals surface area contributed by atoms with Crippen LogP contribution in [0.5, 0.6) is 0 Å². The molecule has 2 fully saturated rings. The molecule has 4 nitrogen and oxygen atoms in total. The van der Waals surface area contributed by atoms with Crippen molar-refractivity contribution < 1.29 is 9.53 Å². The number of nitrogens with zero attached hydrogens (tertiary/aromatic N) is 2. The molecule has 3 heterocycles. The molecule has 2 aromatic rings. The number of aromatic nitrogens is 1. The molecule has 1 atom stereocenters. The van der Waals surface area contributed by atoms with Gasteiger partial charge in [0, 0.05) is 29.8 Å². The number of thioether (sulfide) groups is 1. The van der Waals surface area contributed by atoms with E-state index in [1.807, 2.05) is 54.8 Å². The normalized spacial score (nSPS) is 21.5. The number of carbonyl (C=O) groups excluding carboxylic acids is 1. The first-order valence-corrected chi connectivity index (χ1v) is 10.4. The molecule has 2 aliphatic rings. The summed E-state index contributed by atoms with van der Waals surface area (Å²) < 4.78 is 6.25. The lowest BCUT2D eigenvalue weighted by atomic mass is 9.91. The van der Waals surface area contributed by atoms with Crippen molar-refractivity contribution in [1.29, 1.82) is 0 Å². The van der Waals surface area contributed by atoms with Crippen LogP contribution in [0.25, 0.3) is 0 Å². The van der Waals surface area contributed by atoms with E-state index in [9.17, 15) is 4.79 Å². The predicted octanol–water partition coefficient (Wildman–Crippen LogP) is 3.68. The van der Waals surface area contributed by atoms with E-state index in [2.05, 4.69) is 10.4 Å². The van der Waals surface area contributed by atoms with Crippen LogP contribution >= 0.6 is 23.1 Å². The van der Waals surface area contributed by atoms with E-state index in [1.54, 1.807) is 11.3 Å². The van der Waals surface area contributed by atoms with Gasteiger partial charge in [0.2, 0.25) is 0 Å². The van der Waals surface area contributed by atoms with E-state index in [1.165, 1.54) is 0 Å². The van der Waals surface area contributed by atoms with Crippen LogP contribution in [0, 0.1) is 13.8 Å². The van der Waals surface area contributed by atoms with Gasteiger partial charge in [-0.2, -0.15) is 0 Å². The third-order valence-corrected chi connectivity index (χ3v) is 7.33.